The average molecular weight is 469 g/mol. The third kappa shape index (κ3) is 3.74. The van der Waals surface area contributed by atoms with Gasteiger partial charge in [0.25, 0.3) is 5.56 Å². The third-order valence-electron chi connectivity index (χ3n) is 4.37. The van der Waals surface area contributed by atoms with Crippen LogP contribution in [0.5, 0.6) is 0 Å². The topological polar surface area (TPSA) is 56.9 Å². The van der Waals surface area contributed by atoms with Gasteiger partial charge in [-0.2, -0.15) is 5.10 Å². The van der Waals surface area contributed by atoms with Crippen LogP contribution in [0.2, 0.25) is 10.0 Å². The van der Waals surface area contributed by atoms with Crippen molar-refractivity contribution in [3.8, 4) is 5.69 Å². The number of hydrogen-bond acceptors (Lipinski definition) is 3. The van der Waals surface area contributed by atoms with Crippen LogP contribution in [0.3, 0.4) is 0 Å². The van der Waals surface area contributed by atoms with Gasteiger partial charge in [0.15, 0.2) is 5.78 Å². The Kier molecular flexibility index (Phi) is 5.60. The van der Waals surface area contributed by atoms with E-state index in [9.17, 15) is 9.59 Å². The predicted octanol–water partition coefficient (Wildman–Crippen LogP) is 4.91. The lowest BCUT2D eigenvalue weighted by atomic mass is 10.1. The summed E-state index contributed by atoms with van der Waals surface area (Å²) in [5.41, 5.74) is 3.73. The van der Waals surface area contributed by atoms with Crippen LogP contribution in [0.15, 0.2) is 39.7 Å². The van der Waals surface area contributed by atoms with E-state index in [2.05, 4.69) is 21.0 Å². The second kappa shape index (κ2) is 7.62. The molecule has 2 aromatic heterocycles. The molecule has 0 unspecified atom stereocenters. The van der Waals surface area contributed by atoms with Gasteiger partial charge in [-0.05, 0) is 50.6 Å². The number of nitrogens with zero attached hydrogens (tertiary/aromatic N) is 3. The van der Waals surface area contributed by atoms with Crippen molar-refractivity contribution >= 4 is 44.9 Å². The highest BCUT2D eigenvalue weighted by Gasteiger charge is 2.19. The normalized spacial score (nSPS) is 11.0. The minimum Gasteiger partial charge on any atom is -0.318 e. The molecule has 0 aliphatic carbocycles. The fourth-order valence-corrected chi connectivity index (χ4v) is 3.51. The van der Waals surface area contributed by atoms with Crippen LogP contribution >= 0.6 is 39.1 Å². The van der Waals surface area contributed by atoms with Gasteiger partial charge in [-0.3, -0.25) is 9.59 Å². The van der Waals surface area contributed by atoms with Crippen molar-refractivity contribution in [2.45, 2.75) is 27.3 Å². The molecule has 27 heavy (non-hydrogen) atoms. The molecule has 0 spiro atoms. The summed E-state index contributed by atoms with van der Waals surface area (Å²) in [6.07, 6.45) is 1.26. The van der Waals surface area contributed by atoms with E-state index >= 15 is 0 Å². The van der Waals surface area contributed by atoms with Gasteiger partial charge in [0.05, 0.1) is 11.2 Å². The zero-order chi connectivity index (χ0) is 19.9. The van der Waals surface area contributed by atoms with Crippen LogP contribution in [0.4, 0.5) is 0 Å². The molecule has 0 aliphatic rings. The zero-order valence-corrected chi connectivity index (χ0v) is 18.0. The minimum atomic E-state index is -0.588. The Labute approximate surface area is 174 Å². The second-order valence-corrected chi connectivity index (χ2v) is 7.89. The van der Waals surface area contributed by atoms with Gasteiger partial charge in [0.1, 0.15) is 11.6 Å². The molecule has 0 saturated carbocycles. The van der Waals surface area contributed by atoms with Gasteiger partial charge in [-0.15, -0.1) is 0 Å². The fraction of sp³-hybridized carbons (Fsp3) is 0.211. The maximum atomic E-state index is 12.8. The minimum absolute atomic E-state index is 0.0640. The zero-order valence-electron chi connectivity index (χ0n) is 14.9. The lowest BCUT2D eigenvalue weighted by molar-refractivity contribution is 0.0965. The van der Waals surface area contributed by atoms with Crippen LogP contribution in [0.1, 0.15) is 27.3 Å². The smallest absolute Gasteiger partial charge is 0.287 e. The van der Waals surface area contributed by atoms with E-state index in [1.165, 1.54) is 6.20 Å². The summed E-state index contributed by atoms with van der Waals surface area (Å²) < 4.78 is 4.06. The van der Waals surface area contributed by atoms with Crippen molar-refractivity contribution in [1.29, 1.82) is 0 Å². The first-order chi connectivity index (χ1) is 12.7. The summed E-state index contributed by atoms with van der Waals surface area (Å²) in [6, 6.07) is 7.82. The molecule has 5 nitrogen and oxygen atoms in total. The number of carbonyl (C=O) groups is 1. The Morgan fingerprint density at radius 1 is 1.19 bits per heavy atom. The fourth-order valence-electron chi connectivity index (χ4n) is 2.99. The molecule has 0 bridgehead atoms. The molecule has 0 amide bonds. The maximum absolute atomic E-state index is 12.8. The lowest BCUT2D eigenvalue weighted by Crippen LogP contribution is -2.27. The summed E-state index contributed by atoms with van der Waals surface area (Å²) in [7, 11) is 0. The number of aromatic nitrogens is 3. The molecule has 0 atom stereocenters. The summed E-state index contributed by atoms with van der Waals surface area (Å²) in [6.45, 7) is 5.61. The van der Waals surface area contributed by atoms with E-state index < -0.39 is 5.56 Å². The Bertz CT molecular complexity index is 1120. The number of halogens is 3. The van der Waals surface area contributed by atoms with Gasteiger partial charge in [-0.25, -0.2) is 4.68 Å². The van der Waals surface area contributed by atoms with Crippen molar-refractivity contribution < 1.29 is 4.79 Å². The highest BCUT2D eigenvalue weighted by molar-refractivity contribution is 9.10. The van der Waals surface area contributed by atoms with Crippen molar-refractivity contribution in [2.75, 3.05) is 0 Å². The van der Waals surface area contributed by atoms with Crippen molar-refractivity contribution in [2.24, 2.45) is 0 Å². The van der Waals surface area contributed by atoms with Gasteiger partial charge >= 0.3 is 0 Å². The number of aryl methyl sites for hydroxylation is 2. The number of hydrogen-bond donors (Lipinski definition) is 0. The van der Waals surface area contributed by atoms with Crippen LogP contribution in [-0.2, 0) is 6.54 Å². The van der Waals surface area contributed by atoms with E-state index in [1.54, 1.807) is 0 Å². The largest absolute Gasteiger partial charge is 0.318 e. The Balaban J connectivity index is 1.99. The molecule has 8 heteroatoms. The first-order valence-electron chi connectivity index (χ1n) is 8.10. The number of rotatable bonds is 4. The standard InChI is InChI=1S/C19H16BrCl2N3O2/c1-10-6-13(4-5-15(10)20)25-11(2)7-14(12(25)3)17(26)9-24-19(27)18(22)16(21)8-23-24/h4-8H,9H2,1-3H3. The lowest BCUT2D eigenvalue weighted by Gasteiger charge is -2.11. The van der Waals surface area contributed by atoms with Crippen molar-refractivity contribution in [3.63, 3.8) is 0 Å². The van der Waals surface area contributed by atoms with Crippen LogP contribution in [-0.4, -0.2) is 20.1 Å². The molecule has 0 radical (unpaired) electrons. The molecule has 0 N–H and O–H groups in total. The van der Waals surface area contributed by atoms with Gasteiger partial charge in [-0.1, -0.05) is 39.1 Å². The molecular formula is C19H16BrCl2N3O2. The molecule has 0 saturated heterocycles. The van der Waals surface area contributed by atoms with Crippen molar-refractivity contribution in [1.82, 2.24) is 14.3 Å². The Morgan fingerprint density at radius 2 is 1.89 bits per heavy atom. The Hall–Kier alpha value is -1.89. The van der Waals surface area contributed by atoms with E-state index in [4.69, 9.17) is 23.2 Å². The first-order valence-corrected chi connectivity index (χ1v) is 9.65. The molecular weight excluding hydrogens is 453 g/mol. The molecule has 0 fully saturated rings. The second-order valence-electron chi connectivity index (χ2n) is 6.25. The van der Waals surface area contributed by atoms with Crippen LogP contribution in [0, 0.1) is 20.8 Å². The van der Waals surface area contributed by atoms with Crippen molar-refractivity contribution in [3.05, 3.63) is 77.8 Å². The quantitative estimate of drug-likeness (QED) is 0.511. The van der Waals surface area contributed by atoms with E-state index in [0.29, 0.717) is 5.56 Å². The SMILES string of the molecule is Cc1cc(-n2c(C)cc(C(=O)Cn3ncc(Cl)c(Cl)c3=O)c2C)ccc1Br. The van der Waals surface area contributed by atoms with E-state index in [-0.39, 0.29) is 22.4 Å². The molecule has 2 heterocycles. The number of Topliss-reactive ketones (excluding diaryl/α,β-unsaturated/α-hetero) is 1. The molecule has 3 aromatic rings. The van der Waals surface area contributed by atoms with Crippen LogP contribution < -0.4 is 5.56 Å². The van der Waals surface area contributed by atoms with Crippen LogP contribution in [0.25, 0.3) is 5.69 Å². The highest BCUT2D eigenvalue weighted by atomic mass is 79.9. The van der Waals surface area contributed by atoms with E-state index in [1.807, 2.05) is 49.6 Å². The predicted molar refractivity (Wildman–Crippen MR) is 111 cm³/mol. The Morgan fingerprint density at radius 3 is 2.56 bits per heavy atom. The molecule has 0 aliphatic heterocycles. The molecule has 1 aromatic carbocycles. The summed E-state index contributed by atoms with van der Waals surface area (Å²) in [5, 5.41) is 3.82. The van der Waals surface area contributed by atoms with Gasteiger partial charge in [0.2, 0.25) is 0 Å². The summed E-state index contributed by atoms with van der Waals surface area (Å²) in [4.78, 5) is 24.9. The number of carbonyl (C=O) groups excluding carboxylic acids is 1. The molecule has 3 rings (SSSR count). The highest BCUT2D eigenvalue weighted by Crippen LogP contribution is 2.25. The average Bonchev–Trinajstić information content (AvgIpc) is 2.92. The van der Waals surface area contributed by atoms with Gasteiger partial charge in [0, 0.05) is 27.1 Å². The van der Waals surface area contributed by atoms with Gasteiger partial charge < -0.3 is 4.57 Å². The first kappa shape index (κ1) is 19.9. The third-order valence-corrected chi connectivity index (χ3v) is 6.01. The summed E-state index contributed by atoms with van der Waals surface area (Å²) >= 11 is 15.1. The summed E-state index contributed by atoms with van der Waals surface area (Å²) in [5.74, 6) is -0.226. The monoisotopic (exact) mass is 467 g/mol. The number of ketones is 1. The van der Waals surface area contributed by atoms with E-state index in [0.717, 1.165) is 31.8 Å². The number of benzene rings is 1. The molecule has 140 valence electrons. The maximum Gasteiger partial charge on any atom is 0.287 e.